The maximum atomic E-state index is 12.6. The average Bonchev–Trinajstić information content (AvgIpc) is 2.75. The lowest BCUT2D eigenvalue weighted by Crippen LogP contribution is -2.44. The van der Waals surface area contributed by atoms with Crippen LogP contribution in [0.1, 0.15) is 25.7 Å². The number of H-pyrrole nitrogens is 1. The Labute approximate surface area is 191 Å². The molecule has 1 aromatic carbocycles. The number of aromatic amines is 1. The fraction of sp³-hybridized carbons (Fsp3) is 0.381. The minimum Gasteiger partial charge on any atom is -0.351 e. The zero-order chi connectivity index (χ0) is 22.9. The van der Waals surface area contributed by atoms with Gasteiger partial charge >= 0.3 is 0 Å². The number of aromatic nitrogens is 3. The van der Waals surface area contributed by atoms with Crippen molar-refractivity contribution in [2.75, 3.05) is 19.4 Å². The highest BCUT2D eigenvalue weighted by molar-refractivity contribution is 7.87. The largest absolute Gasteiger partial charge is 0.351 e. The Morgan fingerprint density at radius 1 is 1.09 bits per heavy atom. The van der Waals surface area contributed by atoms with E-state index in [4.69, 9.17) is 11.6 Å². The lowest BCUT2D eigenvalue weighted by Gasteiger charge is -2.30. The number of fused-ring (bicyclic) bond motifs is 1. The molecule has 9 nitrogen and oxygen atoms in total. The molecule has 1 fully saturated rings. The molecule has 0 spiro atoms. The van der Waals surface area contributed by atoms with Crippen molar-refractivity contribution in [3.05, 3.63) is 51.9 Å². The van der Waals surface area contributed by atoms with Crippen LogP contribution in [0.2, 0.25) is 5.02 Å². The standard InChI is InChI=1S/C21H25ClN6O3S/c1-28(2)32(30,31)27-15-9-7-14(8-10-15)24-21-23-12-13-11-17(20(29)25-19(13)26-21)16-5-3-4-6-18(16)22/h3-6,11-12,14-15,27H,7-10H2,1-2H3,(H2,23,24,25,26,29). The van der Waals surface area contributed by atoms with E-state index in [0.29, 0.717) is 33.1 Å². The van der Waals surface area contributed by atoms with Crippen LogP contribution >= 0.6 is 11.6 Å². The summed E-state index contributed by atoms with van der Waals surface area (Å²) < 4.78 is 27.9. The van der Waals surface area contributed by atoms with Crippen molar-refractivity contribution in [1.29, 1.82) is 0 Å². The summed E-state index contributed by atoms with van der Waals surface area (Å²) in [5, 5.41) is 4.50. The Hall–Kier alpha value is -2.53. The van der Waals surface area contributed by atoms with Gasteiger partial charge in [-0.25, -0.2) is 4.98 Å². The predicted molar refractivity (Wildman–Crippen MR) is 126 cm³/mol. The third-order valence-corrected chi connectivity index (χ3v) is 7.54. The third kappa shape index (κ3) is 4.93. The highest BCUT2D eigenvalue weighted by Crippen LogP contribution is 2.27. The van der Waals surface area contributed by atoms with Crippen molar-refractivity contribution in [2.24, 2.45) is 0 Å². The highest BCUT2D eigenvalue weighted by Gasteiger charge is 2.26. The molecule has 1 aliphatic rings. The number of halogens is 1. The van der Waals surface area contributed by atoms with Crippen LogP contribution in [0.15, 0.2) is 41.3 Å². The molecular formula is C21H25ClN6O3S. The number of rotatable bonds is 6. The maximum Gasteiger partial charge on any atom is 0.279 e. The average molecular weight is 477 g/mol. The fourth-order valence-corrected chi connectivity index (χ4v) is 4.90. The monoisotopic (exact) mass is 476 g/mol. The quantitative estimate of drug-likeness (QED) is 0.503. The molecule has 0 atom stereocenters. The first-order chi connectivity index (χ1) is 15.2. The zero-order valence-electron chi connectivity index (χ0n) is 17.8. The first-order valence-electron chi connectivity index (χ1n) is 10.3. The van der Waals surface area contributed by atoms with Gasteiger partial charge in [0.25, 0.3) is 15.8 Å². The molecule has 0 saturated heterocycles. The van der Waals surface area contributed by atoms with Gasteiger partial charge in [0.05, 0.1) is 0 Å². The van der Waals surface area contributed by atoms with Crippen LogP contribution in [-0.2, 0) is 10.2 Å². The normalized spacial score (nSPS) is 19.4. The summed E-state index contributed by atoms with van der Waals surface area (Å²) in [5.74, 6) is 0.427. The van der Waals surface area contributed by atoms with Crippen LogP contribution in [0.4, 0.5) is 5.95 Å². The summed E-state index contributed by atoms with van der Waals surface area (Å²) in [6.07, 6.45) is 4.67. The topological polar surface area (TPSA) is 120 Å². The fourth-order valence-electron chi connectivity index (χ4n) is 3.80. The molecule has 2 heterocycles. The first kappa shape index (κ1) is 22.7. The van der Waals surface area contributed by atoms with Gasteiger partial charge in [0.2, 0.25) is 5.95 Å². The van der Waals surface area contributed by atoms with E-state index in [9.17, 15) is 13.2 Å². The molecule has 0 amide bonds. The molecule has 11 heteroatoms. The van der Waals surface area contributed by atoms with Crippen molar-refractivity contribution in [3.63, 3.8) is 0 Å². The van der Waals surface area contributed by atoms with Crippen LogP contribution in [-0.4, -0.2) is 53.9 Å². The summed E-state index contributed by atoms with van der Waals surface area (Å²) in [6.45, 7) is 0. The van der Waals surface area contributed by atoms with Crippen LogP contribution in [0.3, 0.4) is 0 Å². The number of anilines is 1. The molecule has 0 aliphatic heterocycles. The molecule has 1 saturated carbocycles. The lowest BCUT2D eigenvalue weighted by molar-refractivity contribution is 0.378. The molecule has 32 heavy (non-hydrogen) atoms. The molecule has 170 valence electrons. The third-order valence-electron chi connectivity index (χ3n) is 5.61. The number of nitrogens with zero attached hydrogens (tertiary/aromatic N) is 3. The minimum atomic E-state index is -3.43. The van der Waals surface area contributed by atoms with E-state index >= 15 is 0 Å². The lowest BCUT2D eigenvalue weighted by atomic mass is 9.92. The molecule has 0 unspecified atom stereocenters. The van der Waals surface area contributed by atoms with Crippen molar-refractivity contribution < 1.29 is 8.42 Å². The molecule has 3 aromatic rings. The van der Waals surface area contributed by atoms with Gasteiger partial charge in [-0.2, -0.15) is 22.4 Å². The van der Waals surface area contributed by atoms with Gasteiger partial charge in [-0.1, -0.05) is 29.8 Å². The Morgan fingerprint density at radius 2 is 1.78 bits per heavy atom. The SMILES string of the molecule is CN(C)S(=O)(=O)NC1CCC(Nc2ncc3cc(-c4ccccc4Cl)c(=O)[nH]c3n2)CC1. The second-order valence-corrected chi connectivity index (χ2v) is 10.4. The smallest absolute Gasteiger partial charge is 0.279 e. The van der Waals surface area contributed by atoms with Crippen molar-refractivity contribution in [3.8, 4) is 11.1 Å². The van der Waals surface area contributed by atoms with Gasteiger partial charge < -0.3 is 10.3 Å². The van der Waals surface area contributed by atoms with Crippen LogP contribution < -0.4 is 15.6 Å². The number of nitrogens with one attached hydrogen (secondary N) is 3. The van der Waals surface area contributed by atoms with E-state index in [0.717, 1.165) is 25.7 Å². The van der Waals surface area contributed by atoms with Crippen molar-refractivity contribution in [1.82, 2.24) is 24.0 Å². The number of benzene rings is 1. The number of pyridine rings is 1. The molecular weight excluding hydrogens is 452 g/mol. The molecule has 0 bridgehead atoms. The molecule has 1 aliphatic carbocycles. The summed E-state index contributed by atoms with van der Waals surface area (Å²) in [7, 11) is -0.416. The van der Waals surface area contributed by atoms with Crippen LogP contribution in [0, 0.1) is 0 Å². The van der Waals surface area contributed by atoms with E-state index in [-0.39, 0.29) is 17.6 Å². The Morgan fingerprint density at radius 3 is 2.47 bits per heavy atom. The molecule has 2 aromatic heterocycles. The summed E-state index contributed by atoms with van der Waals surface area (Å²) in [6, 6.07) is 8.95. The summed E-state index contributed by atoms with van der Waals surface area (Å²) in [4.78, 5) is 24.3. The second-order valence-electron chi connectivity index (χ2n) is 8.09. The van der Waals surface area contributed by atoms with E-state index in [1.54, 1.807) is 24.4 Å². The highest BCUT2D eigenvalue weighted by atomic mass is 35.5. The molecule has 4 rings (SSSR count). The van der Waals surface area contributed by atoms with Gasteiger partial charge in [0.1, 0.15) is 5.65 Å². The van der Waals surface area contributed by atoms with Crippen molar-refractivity contribution >= 4 is 38.8 Å². The van der Waals surface area contributed by atoms with E-state index in [1.165, 1.54) is 18.4 Å². The van der Waals surface area contributed by atoms with Crippen molar-refractivity contribution in [2.45, 2.75) is 37.8 Å². The molecule has 3 N–H and O–H groups in total. The van der Waals surface area contributed by atoms with Gasteiger partial charge in [-0.3, -0.25) is 4.79 Å². The van der Waals surface area contributed by atoms with E-state index in [2.05, 4.69) is 25.0 Å². The minimum absolute atomic E-state index is 0.0856. The first-order valence-corrected chi connectivity index (χ1v) is 12.2. The Bertz CT molecular complexity index is 1290. The van der Waals surface area contributed by atoms with E-state index in [1.807, 2.05) is 12.1 Å². The van der Waals surface area contributed by atoms with Gasteiger partial charge in [-0.05, 0) is 37.8 Å². The maximum absolute atomic E-state index is 12.6. The summed E-state index contributed by atoms with van der Waals surface area (Å²) >= 11 is 6.24. The second kappa shape index (κ2) is 9.14. The van der Waals surface area contributed by atoms with Gasteiger partial charge in [-0.15, -0.1) is 0 Å². The zero-order valence-corrected chi connectivity index (χ0v) is 19.4. The van der Waals surface area contributed by atoms with Crippen LogP contribution in [0.5, 0.6) is 0 Å². The summed E-state index contributed by atoms with van der Waals surface area (Å²) in [5.41, 5.74) is 1.28. The van der Waals surface area contributed by atoms with Crippen LogP contribution in [0.25, 0.3) is 22.2 Å². The van der Waals surface area contributed by atoms with E-state index < -0.39 is 10.2 Å². The Balaban J connectivity index is 1.46. The molecule has 0 radical (unpaired) electrons. The predicted octanol–water partition coefficient (Wildman–Crippen LogP) is 2.76. The Kier molecular flexibility index (Phi) is 6.47. The van der Waals surface area contributed by atoms with Gasteiger partial charge in [0, 0.05) is 53.9 Å². The number of hydrogen-bond acceptors (Lipinski definition) is 6. The number of hydrogen-bond donors (Lipinski definition) is 3. The van der Waals surface area contributed by atoms with Gasteiger partial charge in [0.15, 0.2) is 0 Å².